The first-order valence-electron chi connectivity index (χ1n) is 8.51. The molecule has 0 fully saturated rings. The van der Waals surface area contributed by atoms with Crippen molar-refractivity contribution in [2.45, 2.75) is 38.8 Å². The Balaban J connectivity index is 0.00000243. The molecule has 0 bridgehead atoms. The highest BCUT2D eigenvalue weighted by atomic mass is 35.5. The summed E-state index contributed by atoms with van der Waals surface area (Å²) in [5.74, 6) is 0. The van der Waals surface area contributed by atoms with E-state index in [9.17, 15) is 9.90 Å². The Kier molecular flexibility index (Phi) is 6.26. The molecule has 1 aliphatic heterocycles. The molecule has 1 atom stereocenters. The Morgan fingerprint density at radius 1 is 1.31 bits per heavy atom. The summed E-state index contributed by atoms with van der Waals surface area (Å²) in [5, 5.41) is 9.54. The van der Waals surface area contributed by atoms with Gasteiger partial charge < -0.3 is 14.7 Å². The van der Waals surface area contributed by atoms with E-state index < -0.39 is 11.6 Å². The van der Waals surface area contributed by atoms with E-state index in [-0.39, 0.29) is 18.5 Å². The van der Waals surface area contributed by atoms with Gasteiger partial charge in [0.25, 0.3) is 0 Å². The SMILES string of the molecule is CC(C)(C)N(C[C@H]1OCCc2cc(-c3cccnc3)ccc21)C(=O)O.Cl. The maximum Gasteiger partial charge on any atom is 0.407 e. The number of halogens is 1. The van der Waals surface area contributed by atoms with E-state index in [1.54, 1.807) is 6.20 Å². The fourth-order valence-corrected chi connectivity index (χ4v) is 3.21. The minimum atomic E-state index is -0.921. The molecule has 6 heteroatoms. The molecule has 5 nitrogen and oxygen atoms in total. The molecule has 26 heavy (non-hydrogen) atoms. The Bertz CT molecular complexity index is 759. The van der Waals surface area contributed by atoms with Gasteiger partial charge in [0.1, 0.15) is 6.10 Å². The van der Waals surface area contributed by atoms with Crippen LogP contribution in [0.4, 0.5) is 4.79 Å². The summed E-state index contributed by atoms with van der Waals surface area (Å²) in [5.41, 5.74) is 4.03. The van der Waals surface area contributed by atoms with E-state index in [1.807, 2.05) is 39.1 Å². The molecule has 1 aromatic heterocycles. The Morgan fingerprint density at radius 2 is 2.08 bits per heavy atom. The predicted octanol–water partition coefficient (Wildman–Crippen LogP) is 4.56. The van der Waals surface area contributed by atoms with Gasteiger partial charge in [-0.3, -0.25) is 4.98 Å². The summed E-state index contributed by atoms with van der Waals surface area (Å²) < 4.78 is 5.91. The normalized spacial score (nSPS) is 16.3. The molecule has 2 heterocycles. The van der Waals surface area contributed by atoms with Crippen molar-refractivity contribution in [3.05, 3.63) is 53.9 Å². The van der Waals surface area contributed by atoms with E-state index in [1.165, 1.54) is 10.5 Å². The zero-order valence-corrected chi connectivity index (χ0v) is 16.1. The molecule has 3 rings (SSSR count). The summed E-state index contributed by atoms with van der Waals surface area (Å²) in [6.07, 6.45) is 3.29. The third-order valence-corrected chi connectivity index (χ3v) is 4.56. The lowest BCUT2D eigenvalue weighted by atomic mass is 9.92. The van der Waals surface area contributed by atoms with E-state index in [0.29, 0.717) is 13.2 Å². The first kappa shape index (κ1) is 20.2. The molecule has 0 saturated heterocycles. The Labute approximate surface area is 160 Å². The monoisotopic (exact) mass is 376 g/mol. The van der Waals surface area contributed by atoms with Crippen molar-refractivity contribution in [3.8, 4) is 11.1 Å². The van der Waals surface area contributed by atoms with Crippen LogP contribution < -0.4 is 0 Å². The molecule has 0 unspecified atom stereocenters. The Morgan fingerprint density at radius 3 is 2.69 bits per heavy atom. The van der Waals surface area contributed by atoms with Gasteiger partial charge >= 0.3 is 6.09 Å². The van der Waals surface area contributed by atoms with Crippen LogP contribution in [-0.4, -0.2) is 39.8 Å². The maximum absolute atomic E-state index is 11.6. The number of rotatable bonds is 3. The Hall–Kier alpha value is -2.11. The van der Waals surface area contributed by atoms with Crippen molar-refractivity contribution in [1.29, 1.82) is 0 Å². The average Bonchev–Trinajstić information content (AvgIpc) is 2.58. The second-order valence-corrected chi connectivity index (χ2v) is 7.33. The maximum atomic E-state index is 11.6. The van der Waals surface area contributed by atoms with Crippen molar-refractivity contribution in [2.24, 2.45) is 0 Å². The fourth-order valence-electron chi connectivity index (χ4n) is 3.21. The van der Waals surface area contributed by atoms with Gasteiger partial charge in [-0.25, -0.2) is 4.79 Å². The number of hydrogen-bond acceptors (Lipinski definition) is 3. The van der Waals surface area contributed by atoms with Gasteiger partial charge in [0.2, 0.25) is 0 Å². The lowest BCUT2D eigenvalue weighted by Crippen LogP contribution is -2.47. The van der Waals surface area contributed by atoms with Crippen LogP contribution in [0.3, 0.4) is 0 Å². The van der Waals surface area contributed by atoms with Crippen molar-refractivity contribution in [1.82, 2.24) is 9.88 Å². The number of hydrogen-bond donors (Lipinski definition) is 1. The highest BCUT2D eigenvalue weighted by Gasteiger charge is 2.31. The minimum Gasteiger partial charge on any atom is -0.465 e. The second-order valence-electron chi connectivity index (χ2n) is 7.33. The van der Waals surface area contributed by atoms with Gasteiger partial charge in [0, 0.05) is 17.9 Å². The number of benzene rings is 1. The van der Waals surface area contributed by atoms with E-state index in [2.05, 4.69) is 23.2 Å². The van der Waals surface area contributed by atoms with Crippen molar-refractivity contribution in [2.75, 3.05) is 13.2 Å². The number of pyridine rings is 1. The van der Waals surface area contributed by atoms with Gasteiger partial charge in [-0.1, -0.05) is 24.3 Å². The molecule has 1 aromatic carbocycles. The zero-order valence-electron chi connectivity index (χ0n) is 15.3. The number of aromatic nitrogens is 1. The standard InChI is InChI=1S/C20H24N2O3.ClH/c1-20(2,3)22(19(23)24)13-18-17-7-6-14(11-15(17)8-10-25-18)16-5-4-9-21-12-16;/h4-7,9,11-12,18H,8,10,13H2,1-3H3,(H,23,24);1H/t18-;/m1./s1. The van der Waals surface area contributed by atoms with Gasteiger partial charge in [-0.2, -0.15) is 0 Å². The zero-order chi connectivity index (χ0) is 18.0. The summed E-state index contributed by atoms with van der Waals surface area (Å²) in [6, 6.07) is 10.3. The van der Waals surface area contributed by atoms with Crippen LogP contribution in [0.25, 0.3) is 11.1 Å². The highest BCUT2D eigenvalue weighted by molar-refractivity contribution is 5.85. The van der Waals surface area contributed by atoms with Crippen LogP contribution in [0.15, 0.2) is 42.7 Å². The smallest absolute Gasteiger partial charge is 0.407 e. The van der Waals surface area contributed by atoms with Crippen LogP contribution >= 0.6 is 12.4 Å². The topological polar surface area (TPSA) is 62.7 Å². The number of fused-ring (bicyclic) bond motifs is 1. The van der Waals surface area contributed by atoms with Crippen LogP contribution in [0.1, 0.15) is 38.0 Å². The number of amides is 1. The predicted molar refractivity (Wildman–Crippen MR) is 104 cm³/mol. The highest BCUT2D eigenvalue weighted by Crippen LogP contribution is 2.32. The van der Waals surface area contributed by atoms with Gasteiger partial charge in [0.15, 0.2) is 0 Å². The molecule has 1 amide bonds. The molecular weight excluding hydrogens is 352 g/mol. The quantitative estimate of drug-likeness (QED) is 0.852. The molecule has 2 aromatic rings. The lowest BCUT2D eigenvalue weighted by molar-refractivity contribution is -0.000795. The van der Waals surface area contributed by atoms with Crippen molar-refractivity contribution >= 4 is 18.5 Å². The van der Waals surface area contributed by atoms with E-state index in [4.69, 9.17) is 4.74 Å². The largest absolute Gasteiger partial charge is 0.465 e. The van der Waals surface area contributed by atoms with Crippen LogP contribution in [0, 0.1) is 0 Å². The van der Waals surface area contributed by atoms with Gasteiger partial charge in [0.05, 0.1) is 13.2 Å². The lowest BCUT2D eigenvalue weighted by Gasteiger charge is -2.37. The summed E-state index contributed by atoms with van der Waals surface area (Å²) in [6.45, 7) is 6.63. The van der Waals surface area contributed by atoms with Crippen molar-refractivity contribution in [3.63, 3.8) is 0 Å². The molecule has 0 spiro atoms. The first-order valence-corrected chi connectivity index (χ1v) is 8.51. The third-order valence-electron chi connectivity index (χ3n) is 4.56. The molecule has 140 valence electrons. The molecule has 0 radical (unpaired) electrons. The van der Waals surface area contributed by atoms with Gasteiger partial charge in [-0.05, 0) is 55.5 Å². The number of carbonyl (C=O) groups is 1. The molecule has 1 N–H and O–H groups in total. The second kappa shape index (κ2) is 8.06. The van der Waals surface area contributed by atoms with Crippen LogP contribution in [0.2, 0.25) is 0 Å². The van der Waals surface area contributed by atoms with Crippen LogP contribution in [-0.2, 0) is 11.2 Å². The summed E-state index contributed by atoms with van der Waals surface area (Å²) >= 11 is 0. The fraction of sp³-hybridized carbons (Fsp3) is 0.400. The third kappa shape index (κ3) is 4.34. The molecule has 0 aliphatic carbocycles. The summed E-state index contributed by atoms with van der Waals surface area (Å²) in [4.78, 5) is 17.3. The summed E-state index contributed by atoms with van der Waals surface area (Å²) in [7, 11) is 0. The van der Waals surface area contributed by atoms with Crippen molar-refractivity contribution < 1.29 is 14.6 Å². The van der Waals surface area contributed by atoms with Crippen LogP contribution in [0.5, 0.6) is 0 Å². The number of nitrogens with zero attached hydrogens (tertiary/aromatic N) is 2. The van der Waals surface area contributed by atoms with E-state index in [0.717, 1.165) is 23.1 Å². The van der Waals surface area contributed by atoms with E-state index >= 15 is 0 Å². The molecule has 0 saturated carbocycles. The average molecular weight is 377 g/mol. The number of carboxylic acid groups (broad SMARTS) is 1. The molecule has 1 aliphatic rings. The molecular formula is C20H25ClN2O3. The minimum absolute atomic E-state index is 0. The van der Waals surface area contributed by atoms with Gasteiger partial charge in [-0.15, -0.1) is 12.4 Å². The number of ether oxygens (including phenoxy) is 1. The first-order chi connectivity index (χ1) is 11.9.